The van der Waals surface area contributed by atoms with Gasteiger partial charge in [-0.05, 0) is 43.4 Å². The molecule has 1 aromatic rings. The highest BCUT2D eigenvalue weighted by atomic mass is 35.5. The van der Waals surface area contributed by atoms with Gasteiger partial charge in [0.05, 0.1) is 0 Å². The lowest BCUT2D eigenvalue weighted by Gasteiger charge is -2.07. The summed E-state index contributed by atoms with van der Waals surface area (Å²) in [6.07, 6.45) is 5.36. The molecule has 0 aliphatic carbocycles. The Bertz CT molecular complexity index is 268. The van der Waals surface area contributed by atoms with E-state index in [1.54, 1.807) is 0 Å². The van der Waals surface area contributed by atoms with Gasteiger partial charge >= 0.3 is 0 Å². The molecule has 15 heavy (non-hydrogen) atoms. The lowest BCUT2D eigenvalue weighted by Crippen LogP contribution is -1.98. The second-order valence-electron chi connectivity index (χ2n) is 3.90. The third-order valence-electron chi connectivity index (χ3n) is 2.50. The summed E-state index contributed by atoms with van der Waals surface area (Å²) in [5, 5.41) is 0.301. The number of benzene rings is 1. The Morgan fingerprint density at radius 3 is 2.47 bits per heavy atom. The van der Waals surface area contributed by atoms with Crippen molar-refractivity contribution in [2.24, 2.45) is 0 Å². The Labute approximate surface area is 96.5 Å². The molecule has 0 aliphatic rings. The highest BCUT2D eigenvalue weighted by Gasteiger charge is 2.02. The average Bonchev–Trinajstić information content (AvgIpc) is 2.21. The molecule has 0 fully saturated rings. The van der Waals surface area contributed by atoms with Crippen molar-refractivity contribution in [3.05, 3.63) is 35.6 Å². The zero-order valence-corrected chi connectivity index (χ0v) is 9.93. The standard InChI is InChI=1S/C13H18ClF/c1-2-4-12(14)6-3-5-11-7-9-13(15)10-8-11/h7-10,12H,2-6H2,1H3. The molecule has 1 rings (SSSR count). The van der Waals surface area contributed by atoms with Gasteiger partial charge in [0.15, 0.2) is 0 Å². The quantitative estimate of drug-likeness (QED) is 0.627. The van der Waals surface area contributed by atoms with Crippen molar-refractivity contribution in [3.63, 3.8) is 0 Å². The lowest BCUT2D eigenvalue weighted by molar-refractivity contribution is 0.623. The summed E-state index contributed by atoms with van der Waals surface area (Å²) in [5.74, 6) is -0.167. The topological polar surface area (TPSA) is 0 Å². The predicted molar refractivity (Wildman–Crippen MR) is 63.9 cm³/mol. The summed E-state index contributed by atoms with van der Waals surface area (Å²) >= 11 is 6.11. The number of rotatable bonds is 6. The molecule has 0 heterocycles. The van der Waals surface area contributed by atoms with Gasteiger partial charge in [0.25, 0.3) is 0 Å². The second-order valence-corrected chi connectivity index (χ2v) is 4.52. The van der Waals surface area contributed by atoms with Crippen LogP contribution in [0.3, 0.4) is 0 Å². The van der Waals surface area contributed by atoms with Gasteiger partial charge in [0, 0.05) is 5.38 Å². The van der Waals surface area contributed by atoms with Crippen LogP contribution in [0, 0.1) is 5.82 Å². The summed E-state index contributed by atoms with van der Waals surface area (Å²) in [4.78, 5) is 0. The third-order valence-corrected chi connectivity index (χ3v) is 2.93. The second kappa shape index (κ2) is 6.84. The Balaban J connectivity index is 2.22. The molecule has 0 radical (unpaired) electrons. The van der Waals surface area contributed by atoms with Crippen molar-refractivity contribution < 1.29 is 4.39 Å². The summed E-state index contributed by atoms with van der Waals surface area (Å²) < 4.78 is 12.6. The molecule has 1 unspecified atom stereocenters. The maximum Gasteiger partial charge on any atom is 0.123 e. The van der Waals surface area contributed by atoms with E-state index in [0.717, 1.165) is 32.1 Å². The van der Waals surface area contributed by atoms with Crippen LogP contribution in [0.5, 0.6) is 0 Å². The molecule has 0 N–H and O–H groups in total. The van der Waals surface area contributed by atoms with Crippen LogP contribution in [0.25, 0.3) is 0 Å². The van der Waals surface area contributed by atoms with E-state index in [0.29, 0.717) is 5.38 Å². The molecular weight excluding hydrogens is 211 g/mol. The van der Waals surface area contributed by atoms with Crippen LogP contribution in [-0.2, 0) is 6.42 Å². The molecule has 0 amide bonds. The van der Waals surface area contributed by atoms with Gasteiger partial charge in [0.2, 0.25) is 0 Å². The first-order chi connectivity index (χ1) is 7.22. The van der Waals surface area contributed by atoms with E-state index in [9.17, 15) is 4.39 Å². The number of halogens is 2. The SMILES string of the molecule is CCCC(Cl)CCCc1ccc(F)cc1. The van der Waals surface area contributed by atoms with E-state index in [2.05, 4.69) is 6.92 Å². The number of aryl methyl sites for hydroxylation is 1. The van der Waals surface area contributed by atoms with Crippen LogP contribution in [-0.4, -0.2) is 5.38 Å². The molecule has 84 valence electrons. The molecule has 0 saturated carbocycles. The molecule has 0 bridgehead atoms. The molecule has 1 atom stereocenters. The number of hydrogen-bond donors (Lipinski definition) is 0. The predicted octanol–water partition coefficient (Wildman–Crippen LogP) is 4.56. The Kier molecular flexibility index (Phi) is 5.70. The van der Waals surface area contributed by atoms with Gasteiger partial charge in [-0.2, -0.15) is 0 Å². The van der Waals surface area contributed by atoms with E-state index in [4.69, 9.17) is 11.6 Å². The van der Waals surface area contributed by atoms with Crippen molar-refractivity contribution in [3.8, 4) is 0 Å². The monoisotopic (exact) mass is 228 g/mol. The van der Waals surface area contributed by atoms with Gasteiger partial charge < -0.3 is 0 Å². The van der Waals surface area contributed by atoms with E-state index in [1.807, 2.05) is 12.1 Å². The molecule has 0 nitrogen and oxygen atoms in total. The van der Waals surface area contributed by atoms with Gasteiger partial charge in [-0.15, -0.1) is 11.6 Å². The summed E-state index contributed by atoms with van der Waals surface area (Å²) in [5.41, 5.74) is 1.19. The van der Waals surface area contributed by atoms with E-state index < -0.39 is 0 Å². The first-order valence-corrected chi connectivity index (χ1v) is 6.04. The first-order valence-electron chi connectivity index (χ1n) is 5.61. The fourth-order valence-corrected chi connectivity index (χ4v) is 2.01. The van der Waals surface area contributed by atoms with Crippen LogP contribution in [0.4, 0.5) is 4.39 Å². The van der Waals surface area contributed by atoms with Gasteiger partial charge in [-0.3, -0.25) is 0 Å². The normalized spacial score (nSPS) is 12.7. The lowest BCUT2D eigenvalue weighted by atomic mass is 10.1. The van der Waals surface area contributed by atoms with Gasteiger partial charge in [-0.1, -0.05) is 25.5 Å². The zero-order chi connectivity index (χ0) is 11.1. The highest BCUT2D eigenvalue weighted by molar-refractivity contribution is 6.20. The summed E-state index contributed by atoms with van der Waals surface area (Å²) in [6.45, 7) is 2.15. The van der Waals surface area contributed by atoms with Crippen LogP contribution < -0.4 is 0 Å². The van der Waals surface area contributed by atoms with Crippen LogP contribution in [0.1, 0.15) is 38.2 Å². The molecule has 2 heteroatoms. The molecule has 0 spiro atoms. The van der Waals surface area contributed by atoms with Crippen LogP contribution >= 0.6 is 11.6 Å². The number of hydrogen-bond acceptors (Lipinski definition) is 0. The molecule has 0 saturated heterocycles. The summed E-state index contributed by atoms with van der Waals surface area (Å²) in [7, 11) is 0. The van der Waals surface area contributed by atoms with Crippen LogP contribution in [0.2, 0.25) is 0 Å². The van der Waals surface area contributed by atoms with Gasteiger partial charge in [-0.25, -0.2) is 4.39 Å². The van der Waals surface area contributed by atoms with Crippen molar-refractivity contribution >= 4 is 11.6 Å². The summed E-state index contributed by atoms with van der Waals surface area (Å²) in [6, 6.07) is 6.72. The average molecular weight is 229 g/mol. The Morgan fingerprint density at radius 1 is 1.20 bits per heavy atom. The van der Waals surface area contributed by atoms with Gasteiger partial charge in [0.1, 0.15) is 5.82 Å². The van der Waals surface area contributed by atoms with E-state index in [1.165, 1.54) is 17.7 Å². The molecule has 0 aromatic heterocycles. The first kappa shape index (κ1) is 12.5. The van der Waals surface area contributed by atoms with E-state index >= 15 is 0 Å². The minimum atomic E-state index is -0.167. The smallest absolute Gasteiger partial charge is 0.123 e. The zero-order valence-electron chi connectivity index (χ0n) is 9.18. The molecule has 0 aliphatic heterocycles. The maximum absolute atomic E-state index is 12.6. The van der Waals surface area contributed by atoms with Crippen molar-refractivity contribution in [1.29, 1.82) is 0 Å². The Hall–Kier alpha value is -0.560. The minimum absolute atomic E-state index is 0.167. The van der Waals surface area contributed by atoms with Crippen molar-refractivity contribution in [2.45, 2.75) is 44.4 Å². The largest absolute Gasteiger partial charge is 0.207 e. The van der Waals surface area contributed by atoms with Crippen molar-refractivity contribution in [1.82, 2.24) is 0 Å². The third kappa shape index (κ3) is 5.17. The fraction of sp³-hybridized carbons (Fsp3) is 0.538. The van der Waals surface area contributed by atoms with E-state index in [-0.39, 0.29) is 5.82 Å². The maximum atomic E-state index is 12.6. The minimum Gasteiger partial charge on any atom is -0.207 e. The highest BCUT2D eigenvalue weighted by Crippen LogP contribution is 2.14. The molecular formula is C13H18ClF. The molecule has 1 aromatic carbocycles. The van der Waals surface area contributed by atoms with Crippen molar-refractivity contribution in [2.75, 3.05) is 0 Å². The van der Waals surface area contributed by atoms with Crippen LogP contribution in [0.15, 0.2) is 24.3 Å². The number of alkyl halides is 1. The Morgan fingerprint density at radius 2 is 1.87 bits per heavy atom. The fourth-order valence-electron chi connectivity index (χ4n) is 1.64.